The van der Waals surface area contributed by atoms with Gasteiger partial charge in [-0.2, -0.15) is 0 Å². The average Bonchev–Trinajstić information content (AvgIpc) is 2.82. The van der Waals surface area contributed by atoms with Crippen molar-refractivity contribution in [1.29, 1.82) is 0 Å². The lowest BCUT2D eigenvalue weighted by Crippen LogP contribution is -2.31. The van der Waals surface area contributed by atoms with Gasteiger partial charge in [-0.3, -0.25) is 9.36 Å². The van der Waals surface area contributed by atoms with Crippen LogP contribution in [0.25, 0.3) is 22.2 Å². The SMILES string of the molecule is CC(=O)NC(C)Cc1ccc(-c2cc(C)c3c(c2)oc(=O)n3C)cc1. The van der Waals surface area contributed by atoms with E-state index in [2.05, 4.69) is 35.6 Å². The molecule has 1 N–H and O–H groups in total. The monoisotopic (exact) mass is 338 g/mol. The molecule has 0 aliphatic rings. The van der Waals surface area contributed by atoms with Crippen molar-refractivity contribution in [3.8, 4) is 11.1 Å². The van der Waals surface area contributed by atoms with Gasteiger partial charge in [0.15, 0.2) is 5.58 Å². The van der Waals surface area contributed by atoms with E-state index in [-0.39, 0.29) is 17.7 Å². The summed E-state index contributed by atoms with van der Waals surface area (Å²) in [5.41, 5.74) is 5.67. The van der Waals surface area contributed by atoms with Gasteiger partial charge in [0.25, 0.3) is 0 Å². The second-order valence-corrected chi connectivity index (χ2v) is 6.57. The molecule has 25 heavy (non-hydrogen) atoms. The lowest BCUT2D eigenvalue weighted by atomic mass is 9.99. The summed E-state index contributed by atoms with van der Waals surface area (Å²) in [6.07, 6.45) is 0.783. The molecule has 2 aromatic carbocycles. The second kappa shape index (κ2) is 6.59. The smallest absolute Gasteiger partial charge is 0.408 e. The van der Waals surface area contributed by atoms with E-state index in [1.165, 1.54) is 11.5 Å². The van der Waals surface area contributed by atoms with Crippen molar-refractivity contribution in [3.05, 3.63) is 58.1 Å². The first-order chi connectivity index (χ1) is 11.8. The van der Waals surface area contributed by atoms with E-state index in [0.29, 0.717) is 5.58 Å². The van der Waals surface area contributed by atoms with Crippen LogP contribution in [0, 0.1) is 6.92 Å². The van der Waals surface area contributed by atoms with Crippen molar-refractivity contribution >= 4 is 17.0 Å². The summed E-state index contributed by atoms with van der Waals surface area (Å²) in [6, 6.07) is 12.3. The van der Waals surface area contributed by atoms with Crippen molar-refractivity contribution in [2.45, 2.75) is 33.2 Å². The van der Waals surface area contributed by atoms with Crippen molar-refractivity contribution in [2.75, 3.05) is 0 Å². The van der Waals surface area contributed by atoms with Crippen LogP contribution < -0.4 is 11.1 Å². The van der Waals surface area contributed by atoms with Crippen LogP contribution in [-0.2, 0) is 18.3 Å². The molecule has 0 bridgehead atoms. The molecule has 0 saturated carbocycles. The Balaban J connectivity index is 1.88. The number of carbonyl (C=O) groups excluding carboxylic acids is 1. The quantitative estimate of drug-likeness (QED) is 0.795. The molecule has 0 radical (unpaired) electrons. The van der Waals surface area contributed by atoms with Gasteiger partial charge < -0.3 is 9.73 Å². The van der Waals surface area contributed by atoms with Crippen LogP contribution in [0.15, 0.2) is 45.6 Å². The maximum absolute atomic E-state index is 11.7. The van der Waals surface area contributed by atoms with E-state index < -0.39 is 0 Å². The van der Waals surface area contributed by atoms with E-state index in [0.717, 1.165) is 34.2 Å². The van der Waals surface area contributed by atoms with Gasteiger partial charge in [-0.15, -0.1) is 0 Å². The summed E-state index contributed by atoms with van der Waals surface area (Å²) in [4.78, 5) is 22.8. The molecule has 0 fully saturated rings. The van der Waals surface area contributed by atoms with Crippen molar-refractivity contribution in [2.24, 2.45) is 7.05 Å². The molecule has 0 saturated heterocycles. The van der Waals surface area contributed by atoms with Gasteiger partial charge >= 0.3 is 5.76 Å². The molecule has 5 heteroatoms. The number of nitrogens with zero attached hydrogens (tertiary/aromatic N) is 1. The van der Waals surface area contributed by atoms with E-state index in [4.69, 9.17) is 4.42 Å². The minimum Gasteiger partial charge on any atom is -0.408 e. The van der Waals surface area contributed by atoms with Crippen molar-refractivity contribution in [1.82, 2.24) is 9.88 Å². The molecular formula is C20H22N2O3. The summed E-state index contributed by atoms with van der Waals surface area (Å²) >= 11 is 0. The number of carbonyl (C=O) groups is 1. The Labute approximate surface area is 146 Å². The number of aryl methyl sites for hydroxylation is 2. The number of benzene rings is 2. The maximum Gasteiger partial charge on any atom is 0.419 e. The number of nitrogens with one attached hydrogen (secondary N) is 1. The molecule has 1 atom stereocenters. The zero-order valence-corrected chi connectivity index (χ0v) is 14.9. The highest BCUT2D eigenvalue weighted by atomic mass is 16.4. The summed E-state index contributed by atoms with van der Waals surface area (Å²) in [5, 5.41) is 2.89. The van der Waals surface area contributed by atoms with E-state index >= 15 is 0 Å². The first kappa shape index (κ1) is 17.0. The predicted octanol–water partition coefficient (Wildman–Crippen LogP) is 3.17. The highest BCUT2D eigenvalue weighted by Gasteiger charge is 2.11. The molecule has 130 valence electrons. The van der Waals surface area contributed by atoms with Gasteiger partial charge in [0, 0.05) is 20.0 Å². The van der Waals surface area contributed by atoms with Crippen LogP contribution in [0.5, 0.6) is 0 Å². The molecule has 3 aromatic rings. The number of aromatic nitrogens is 1. The Morgan fingerprint density at radius 3 is 2.52 bits per heavy atom. The molecule has 0 spiro atoms. The van der Waals surface area contributed by atoms with Gasteiger partial charge in [-0.25, -0.2) is 4.79 Å². The maximum atomic E-state index is 11.7. The molecule has 1 heterocycles. The predicted molar refractivity (Wildman–Crippen MR) is 98.6 cm³/mol. The molecular weight excluding hydrogens is 316 g/mol. The van der Waals surface area contributed by atoms with Crippen LogP contribution in [-0.4, -0.2) is 16.5 Å². The zero-order chi connectivity index (χ0) is 18.1. The third-order valence-electron chi connectivity index (χ3n) is 4.35. The zero-order valence-electron chi connectivity index (χ0n) is 14.9. The fourth-order valence-corrected chi connectivity index (χ4v) is 3.26. The molecule has 1 aromatic heterocycles. The number of oxazole rings is 1. The number of amides is 1. The first-order valence-corrected chi connectivity index (χ1v) is 8.31. The normalized spacial score (nSPS) is 12.3. The van der Waals surface area contributed by atoms with Crippen LogP contribution >= 0.6 is 0 Å². The van der Waals surface area contributed by atoms with Crippen LogP contribution in [0.4, 0.5) is 0 Å². The van der Waals surface area contributed by atoms with Crippen LogP contribution in [0.1, 0.15) is 25.0 Å². The van der Waals surface area contributed by atoms with Gasteiger partial charge in [0.2, 0.25) is 5.91 Å². The summed E-state index contributed by atoms with van der Waals surface area (Å²) in [6.45, 7) is 5.49. The minimum absolute atomic E-state index is 0.0164. The Kier molecular flexibility index (Phi) is 4.49. The highest BCUT2D eigenvalue weighted by Crippen LogP contribution is 2.27. The lowest BCUT2D eigenvalue weighted by Gasteiger charge is -2.13. The Morgan fingerprint density at radius 1 is 1.20 bits per heavy atom. The largest absolute Gasteiger partial charge is 0.419 e. The number of fused-ring (bicyclic) bond motifs is 1. The van der Waals surface area contributed by atoms with Crippen molar-refractivity contribution < 1.29 is 9.21 Å². The number of rotatable bonds is 4. The van der Waals surface area contributed by atoms with Crippen LogP contribution in [0.3, 0.4) is 0 Å². The fraction of sp³-hybridized carbons (Fsp3) is 0.300. The molecule has 5 nitrogen and oxygen atoms in total. The van der Waals surface area contributed by atoms with Gasteiger partial charge in [0.1, 0.15) is 0 Å². The first-order valence-electron chi connectivity index (χ1n) is 8.31. The van der Waals surface area contributed by atoms with Crippen molar-refractivity contribution in [3.63, 3.8) is 0 Å². The third-order valence-corrected chi connectivity index (χ3v) is 4.35. The van der Waals surface area contributed by atoms with E-state index in [1.807, 2.05) is 19.9 Å². The van der Waals surface area contributed by atoms with E-state index in [9.17, 15) is 9.59 Å². The third kappa shape index (κ3) is 3.50. The molecule has 1 unspecified atom stereocenters. The lowest BCUT2D eigenvalue weighted by molar-refractivity contribution is -0.119. The standard InChI is InChI=1S/C20H22N2O3/c1-12-9-17(11-18-19(12)22(4)20(24)25-18)16-7-5-15(6-8-16)10-13(2)21-14(3)23/h5-9,11,13H,10H2,1-4H3,(H,21,23). The minimum atomic E-state index is -0.349. The topological polar surface area (TPSA) is 64.2 Å². The molecule has 1 amide bonds. The molecule has 3 rings (SSSR count). The fourth-order valence-electron chi connectivity index (χ4n) is 3.26. The Morgan fingerprint density at radius 2 is 1.88 bits per heavy atom. The van der Waals surface area contributed by atoms with E-state index in [1.54, 1.807) is 7.05 Å². The number of hydrogen-bond donors (Lipinski definition) is 1. The summed E-state index contributed by atoms with van der Waals surface area (Å²) in [7, 11) is 1.71. The number of hydrogen-bond acceptors (Lipinski definition) is 3. The molecule has 0 aliphatic heterocycles. The van der Waals surface area contributed by atoms with Crippen LogP contribution in [0.2, 0.25) is 0 Å². The second-order valence-electron chi connectivity index (χ2n) is 6.57. The Hall–Kier alpha value is -2.82. The van der Waals surface area contributed by atoms with Gasteiger partial charge in [-0.05, 0) is 54.7 Å². The summed E-state index contributed by atoms with van der Waals surface area (Å²) < 4.78 is 6.85. The van der Waals surface area contributed by atoms with Gasteiger partial charge in [-0.1, -0.05) is 24.3 Å². The Bertz CT molecular complexity index is 981. The van der Waals surface area contributed by atoms with Gasteiger partial charge in [0.05, 0.1) is 5.52 Å². The summed E-state index contributed by atoms with van der Waals surface area (Å²) in [5.74, 6) is -0.366. The molecule has 0 aliphatic carbocycles. The average molecular weight is 338 g/mol. The highest BCUT2D eigenvalue weighted by molar-refractivity contribution is 5.83.